The summed E-state index contributed by atoms with van der Waals surface area (Å²) in [6.45, 7) is 0. The number of nitrogens with zero attached hydrogens (tertiary/aromatic N) is 1. The number of aromatic amines is 1. The van der Waals surface area contributed by atoms with Crippen LogP contribution in [0.5, 0.6) is 11.6 Å². The van der Waals surface area contributed by atoms with Crippen molar-refractivity contribution in [2.24, 2.45) is 0 Å². The molecule has 4 aromatic rings. The van der Waals surface area contributed by atoms with Gasteiger partial charge in [0.25, 0.3) is 0 Å². The van der Waals surface area contributed by atoms with Crippen LogP contribution in [0.3, 0.4) is 0 Å². The summed E-state index contributed by atoms with van der Waals surface area (Å²) in [4.78, 5) is 6.96. The summed E-state index contributed by atoms with van der Waals surface area (Å²) >= 11 is 0. The van der Waals surface area contributed by atoms with Crippen molar-refractivity contribution in [3.8, 4) is 22.9 Å². The Kier molecular flexibility index (Phi) is 4.12. The van der Waals surface area contributed by atoms with Crippen LogP contribution in [-0.4, -0.2) is 22.2 Å². The maximum absolute atomic E-state index is 14.2. The molecule has 3 N–H and O–H groups in total. The third-order valence-electron chi connectivity index (χ3n) is 4.22. The number of ether oxygens (including phenoxy) is 1. The fourth-order valence-electron chi connectivity index (χ4n) is 2.93. The minimum Gasteiger partial charge on any atom is -0.497 e. The maximum Gasteiger partial charge on any atom is 0.200 e. The zero-order valence-electron chi connectivity index (χ0n) is 14.3. The van der Waals surface area contributed by atoms with E-state index in [2.05, 4.69) is 15.3 Å². The molecule has 0 unspecified atom stereocenters. The van der Waals surface area contributed by atoms with Crippen LogP contribution in [-0.2, 0) is 0 Å². The number of nitrogens with one attached hydrogen (secondary N) is 2. The highest BCUT2D eigenvalue weighted by Gasteiger charge is 2.17. The van der Waals surface area contributed by atoms with Gasteiger partial charge in [-0.25, -0.2) is 13.8 Å². The largest absolute Gasteiger partial charge is 0.497 e. The Morgan fingerprint density at radius 1 is 1.07 bits per heavy atom. The van der Waals surface area contributed by atoms with E-state index in [-0.39, 0.29) is 17.1 Å². The van der Waals surface area contributed by atoms with Gasteiger partial charge in [-0.3, -0.25) is 0 Å². The molecule has 0 atom stereocenters. The van der Waals surface area contributed by atoms with Crippen LogP contribution in [0.15, 0.2) is 54.7 Å². The zero-order valence-corrected chi connectivity index (χ0v) is 14.3. The number of fused-ring (bicyclic) bond motifs is 1. The molecular weight excluding hydrogens is 352 g/mol. The Hall–Kier alpha value is -3.61. The molecule has 0 amide bonds. The second kappa shape index (κ2) is 6.60. The lowest BCUT2D eigenvalue weighted by Gasteiger charge is -2.12. The highest BCUT2D eigenvalue weighted by atomic mass is 19.1. The molecule has 0 saturated carbocycles. The van der Waals surface area contributed by atoms with Crippen LogP contribution >= 0.6 is 0 Å². The number of pyridine rings is 1. The SMILES string of the molecule is COc1ccc(Nc2cc(-c3c(F)cccc3F)nc3c[nH]c(O)c23)cc1. The van der Waals surface area contributed by atoms with E-state index in [0.29, 0.717) is 28.0 Å². The highest BCUT2D eigenvalue weighted by Crippen LogP contribution is 2.36. The minimum atomic E-state index is -0.711. The predicted molar refractivity (Wildman–Crippen MR) is 99.4 cm³/mol. The molecule has 2 aromatic heterocycles. The Bertz CT molecular complexity index is 1100. The van der Waals surface area contributed by atoms with Gasteiger partial charge in [-0.05, 0) is 42.5 Å². The van der Waals surface area contributed by atoms with Gasteiger partial charge in [0, 0.05) is 11.9 Å². The van der Waals surface area contributed by atoms with Crippen molar-refractivity contribution < 1.29 is 18.6 Å². The number of aromatic nitrogens is 2. The number of hydrogen-bond acceptors (Lipinski definition) is 4. The van der Waals surface area contributed by atoms with Gasteiger partial charge in [0.15, 0.2) is 5.88 Å². The third kappa shape index (κ3) is 3.03. The van der Waals surface area contributed by atoms with Crippen molar-refractivity contribution in [3.05, 3.63) is 66.4 Å². The molecule has 7 heteroatoms. The number of halogens is 2. The topological polar surface area (TPSA) is 70.2 Å². The van der Waals surface area contributed by atoms with Gasteiger partial charge in [0.2, 0.25) is 0 Å². The monoisotopic (exact) mass is 367 g/mol. The molecule has 0 fully saturated rings. The van der Waals surface area contributed by atoms with E-state index in [1.165, 1.54) is 30.5 Å². The number of H-pyrrole nitrogens is 1. The first-order valence-electron chi connectivity index (χ1n) is 8.13. The molecule has 0 aliphatic carbocycles. The fraction of sp³-hybridized carbons (Fsp3) is 0.0500. The zero-order chi connectivity index (χ0) is 19.0. The molecule has 0 saturated heterocycles. The summed E-state index contributed by atoms with van der Waals surface area (Å²) in [5.74, 6) is -0.817. The average molecular weight is 367 g/mol. The van der Waals surface area contributed by atoms with E-state index in [0.717, 1.165) is 0 Å². The van der Waals surface area contributed by atoms with E-state index in [1.807, 2.05) is 0 Å². The third-order valence-corrected chi connectivity index (χ3v) is 4.22. The second-order valence-electron chi connectivity index (χ2n) is 5.90. The predicted octanol–water partition coefficient (Wildman–Crippen LogP) is 4.97. The van der Waals surface area contributed by atoms with E-state index in [9.17, 15) is 13.9 Å². The van der Waals surface area contributed by atoms with Crippen LogP contribution in [0.1, 0.15) is 0 Å². The van der Waals surface area contributed by atoms with E-state index >= 15 is 0 Å². The Morgan fingerprint density at radius 2 is 1.78 bits per heavy atom. The molecule has 4 rings (SSSR count). The van der Waals surface area contributed by atoms with Crippen LogP contribution in [0.4, 0.5) is 20.2 Å². The standard InChI is InChI=1S/C20H15F2N3O2/c1-27-12-7-5-11(6-8-12)24-16-9-15(18-13(21)3-2-4-14(18)22)25-17-10-23-20(26)19(16)17/h2-10,23-24,26H,1H3. The smallest absolute Gasteiger partial charge is 0.200 e. The molecule has 0 radical (unpaired) electrons. The number of aromatic hydroxyl groups is 1. The lowest BCUT2D eigenvalue weighted by Crippen LogP contribution is -1.97. The van der Waals surface area contributed by atoms with Crippen molar-refractivity contribution in [2.45, 2.75) is 0 Å². The Balaban J connectivity index is 1.86. The molecule has 2 heterocycles. The summed E-state index contributed by atoms with van der Waals surface area (Å²) in [6.07, 6.45) is 1.48. The second-order valence-corrected chi connectivity index (χ2v) is 5.90. The van der Waals surface area contributed by atoms with Crippen LogP contribution in [0.2, 0.25) is 0 Å². The van der Waals surface area contributed by atoms with Gasteiger partial charge >= 0.3 is 0 Å². The molecule has 0 spiro atoms. The number of benzene rings is 2. The summed E-state index contributed by atoms with van der Waals surface area (Å²) in [5.41, 5.74) is 1.44. The Labute approximate surface area is 153 Å². The number of anilines is 2. The van der Waals surface area contributed by atoms with E-state index in [1.54, 1.807) is 31.4 Å². The molecular formula is C20H15F2N3O2. The summed E-state index contributed by atoms with van der Waals surface area (Å²) in [5, 5.41) is 13.7. The summed E-state index contributed by atoms with van der Waals surface area (Å²) < 4.78 is 33.6. The van der Waals surface area contributed by atoms with E-state index in [4.69, 9.17) is 4.74 Å². The molecule has 0 aliphatic heterocycles. The first kappa shape index (κ1) is 16.8. The average Bonchev–Trinajstić information content (AvgIpc) is 3.03. The van der Waals surface area contributed by atoms with Gasteiger partial charge in [-0.15, -0.1) is 0 Å². The van der Waals surface area contributed by atoms with Crippen LogP contribution < -0.4 is 10.1 Å². The van der Waals surface area contributed by atoms with Gasteiger partial charge in [-0.2, -0.15) is 0 Å². The minimum absolute atomic E-state index is 0.0888. The molecule has 0 aliphatic rings. The van der Waals surface area contributed by atoms with Gasteiger partial charge in [-0.1, -0.05) is 6.07 Å². The van der Waals surface area contributed by atoms with Crippen molar-refractivity contribution in [2.75, 3.05) is 12.4 Å². The van der Waals surface area contributed by atoms with Crippen molar-refractivity contribution in [3.63, 3.8) is 0 Å². The number of hydrogen-bond donors (Lipinski definition) is 3. The van der Waals surface area contributed by atoms with Crippen LogP contribution in [0, 0.1) is 11.6 Å². The summed E-state index contributed by atoms with van der Waals surface area (Å²) in [6, 6.07) is 12.3. The quantitative estimate of drug-likeness (QED) is 0.476. The number of rotatable bonds is 4. The maximum atomic E-state index is 14.2. The first-order chi connectivity index (χ1) is 13.1. The number of methoxy groups -OCH3 is 1. The summed E-state index contributed by atoms with van der Waals surface area (Å²) in [7, 11) is 1.57. The van der Waals surface area contributed by atoms with Crippen LogP contribution in [0.25, 0.3) is 22.2 Å². The molecule has 136 valence electrons. The molecule has 5 nitrogen and oxygen atoms in total. The molecule has 0 bridgehead atoms. The molecule has 2 aromatic carbocycles. The normalized spacial score (nSPS) is 10.9. The lowest BCUT2D eigenvalue weighted by atomic mass is 10.1. The fourth-order valence-corrected chi connectivity index (χ4v) is 2.93. The van der Waals surface area contributed by atoms with Gasteiger partial charge in [0.05, 0.1) is 35.0 Å². The van der Waals surface area contributed by atoms with Crippen molar-refractivity contribution >= 4 is 22.3 Å². The molecule has 27 heavy (non-hydrogen) atoms. The Morgan fingerprint density at radius 3 is 2.44 bits per heavy atom. The van der Waals surface area contributed by atoms with Gasteiger partial charge in [0.1, 0.15) is 17.4 Å². The highest BCUT2D eigenvalue weighted by molar-refractivity contribution is 5.99. The van der Waals surface area contributed by atoms with Crippen molar-refractivity contribution in [1.82, 2.24) is 9.97 Å². The first-order valence-corrected chi connectivity index (χ1v) is 8.13. The lowest BCUT2D eigenvalue weighted by molar-refractivity contribution is 0.415. The van der Waals surface area contributed by atoms with E-state index < -0.39 is 11.6 Å². The van der Waals surface area contributed by atoms with Crippen molar-refractivity contribution in [1.29, 1.82) is 0 Å². The van der Waals surface area contributed by atoms with Gasteiger partial charge < -0.3 is 20.1 Å².